The first-order valence-corrected chi connectivity index (χ1v) is 4.23. The molecule has 1 atom stereocenters. The van der Waals surface area contributed by atoms with Crippen molar-refractivity contribution >= 4 is 23.6 Å². The molecular weight excluding hydrogens is 210 g/mol. The number of aliphatic carboxylic acids is 1. The molecule has 0 saturated heterocycles. The lowest BCUT2D eigenvalue weighted by Crippen LogP contribution is -2.49. The number of nitrogens with one attached hydrogen (secondary N) is 1. The Morgan fingerprint density at radius 1 is 1.79 bits per heavy atom. The van der Waals surface area contributed by atoms with Gasteiger partial charge in [-0.15, -0.1) is 0 Å². The molecule has 1 aliphatic rings. The number of fused-ring (bicyclic) bond motifs is 1. The number of carboxylic acids is 1. The van der Waals surface area contributed by atoms with Crippen LogP contribution in [0.4, 0.5) is 4.79 Å². The number of carboxylic acid groups (broad SMARTS) is 1. The van der Waals surface area contributed by atoms with E-state index in [1.165, 1.54) is 6.20 Å². The number of halogens is 1. The maximum absolute atomic E-state index is 11.3. The molecular formula is C7H6ClN3O3. The number of amides is 1. The second-order valence-electron chi connectivity index (χ2n) is 2.88. The maximum Gasteiger partial charge on any atom is 0.328 e. The van der Waals surface area contributed by atoms with E-state index in [1.54, 1.807) is 0 Å². The van der Waals surface area contributed by atoms with E-state index in [9.17, 15) is 9.59 Å². The number of hydrogen-bond donors (Lipinski definition) is 2. The summed E-state index contributed by atoms with van der Waals surface area (Å²) in [7, 11) is 0. The van der Waals surface area contributed by atoms with Crippen LogP contribution in [0, 0.1) is 0 Å². The van der Waals surface area contributed by atoms with Crippen molar-refractivity contribution in [3.63, 3.8) is 0 Å². The van der Waals surface area contributed by atoms with Crippen LogP contribution < -0.4 is 5.32 Å². The predicted octanol–water partition coefficient (Wildman–Crippen LogP) is 0.103. The molecule has 2 heterocycles. The zero-order valence-electron chi connectivity index (χ0n) is 6.90. The Hall–Kier alpha value is -1.56. The molecule has 1 aromatic rings. The van der Waals surface area contributed by atoms with Crippen molar-refractivity contribution in [2.45, 2.75) is 12.5 Å². The minimum Gasteiger partial charge on any atom is -0.480 e. The van der Waals surface area contributed by atoms with E-state index in [4.69, 9.17) is 16.7 Å². The molecule has 1 aliphatic heterocycles. The van der Waals surface area contributed by atoms with E-state index >= 15 is 0 Å². The minimum absolute atomic E-state index is 0.147. The Morgan fingerprint density at radius 3 is 3.14 bits per heavy atom. The maximum atomic E-state index is 11.3. The molecule has 1 amide bonds. The lowest BCUT2D eigenvalue weighted by Gasteiger charge is -2.20. The second kappa shape index (κ2) is 2.98. The van der Waals surface area contributed by atoms with Crippen LogP contribution in [0.2, 0.25) is 5.15 Å². The monoisotopic (exact) mass is 215 g/mol. The molecule has 2 N–H and O–H groups in total. The molecule has 6 nitrogen and oxygen atoms in total. The van der Waals surface area contributed by atoms with Gasteiger partial charge in [0.25, 0.3) is 0 Å². The van der Waals surface area contributed by atoms with Gasteiger partial charge in [-0.2, -0.15) is 0 Å². The van der Waals surface area contributed by atoms with Crippen molar-refractivity contribution in [3.8, 4) is 0 Å². The largest absolute Gasteiger partial charge is 0.480 e. The number of hydrogen-bond acceptors (Lipinski definition) is 3. The van der Waals surface area contributed by atoms with E-state index < -0.39 is 18.0 Å². The molecule has 0 spiro atoms. The first-order chi connectivity index (χ1) is 6.59. The zero-order chi connectivity index (χ0) is 10.3. The van der Waals surface area contributed by atoms with Gasteiger partial charge in [0.15, 0.2) is 0 Å². The van der Waals surface area contributed by atoms with Crippen molar-refractivity contribution in [1.29, 1.82) is 0 Å². The molecule has 2 rings (SSSR count). The SMILES string of the molecule is O=C(O)C1Cc2ncc(Cl)n2C(=O)N1. The molecule has 0 bridgehead atoms. The van der Waals surface area contributed by atoms with Gasteiger partial charge in [-0.25, -0.2) is 19.1 Å². The van der Waals surface area contributed by atoms with Crippen LogP contribution in [0.15, 0.2) is 6.20 Å². The summed E-state index contributed by atoms with van der Waals surface area (Å²) in [4.78, 5) is 25.8. The normalized spacial score (nSPS) is 20.1. The third-order valence-electron chi connectivity index (χ3n) is 1.98. The van der Waals surface area contributed by atoms with Gasteiger partial charge < -0.3 is 10.4 Å². The fourth-order valence-corrected chi connectivity index (χ4v) is 1.54. The molecule has 0 saturated carbocycles. The fraction of sp³-hybridized carbons (Fsp3) is 0.286. The molecule has 0 aromatic carbocycles. The van der Waals surface area contributed by atoms with E-state index in [2.05, 4.69) is 10.3 Å². The summed E-state index contributed by atoms with van der Waals surface area (Å²) in [6, 6.07) is -1.48. The van der Waals surface area contributed by atoms with Crippen molar-refractivity contribution in [1.82, 2.24) is 14.9 Å². The van der Waals surface area contributed by atoms with Crippen molar-refractivity contribution < 1.29 is 14.7 Å². The Labute approximate surface area is 83.5 Å². The highest BCUT2D eigenvalue weighted by atomic mass is 35.5. The number of imidazole rings is 1. The topological polar surface area (TPSA) is 84.2 Å². The third kappa shape index (κ3) is 1.24. The summed E-state index contributed by atoms with van der Waals surface area (Å²) in [5, 5.41) is 11.2. The molecule has 1 aromatic heterocycles. The average molecular weight is 216 g/mol. The van der Waals surface area contributed by atoms with E-state index in [0.717, 1.165) is 4.57 Å². The van der Waals surface area contributed by atoms with Crippen LogP contribution in [0.25, 0.3) is 0 Å². The van der Waals surface area contributed by atoms with Crippen LogP contribution in [0.1, 0.15) is 5.82 Å². The average Bonchev–Trinajstić information content (AvgIpc) is 2.48. The number of carbonyl (C=O) groups excluding carboxylic acids is 1. The van der Waals surface area contributed by atoms with Crippen molar-refractivity contribution in [2.75, 3.05) is 0 Å². The van der Waals surface area contributed by atoms with Crippen LogP contribution in [0.5, 0.6) is 0 Å². The Balaban J connectivity index is 2.39. The van der Waals surface area contributed by atoms with Gasteiger partial charge in [0.05, 0.1) is 6.20 Å². The van der Waals surface area contributed by atoms with Gasteiger partial charge in [-0.05, 0) is 0 Å². The van der Waals surface area contributed by atoms with Gasteiger partial charge in [0, 0.05) is 6.42 Å². The van der Waals surface area contributed by atoms with Crippen molar-refractivity contribution in [2.24, 2.45) is 0 Å². The summed E-state index contributed by atoms with van der Waals surface area (Å²) in [6.45, 7) is 0. The molecule has 1 unspecified atom stereocenters. The number of nitrogens with zero attached hydrogens (tertiary/aromatic N) is 2. The van der Waals surface area contributed by atoms with Gasteiger partial charge in [-0.3, -0.25) is 0 Å². The standard InChI is InChI=1S/C7H6ClN3O3/c8-4-2-9-5-1-3(6(12)13)10-7(14)11(4)5/h2-3H,1H2,(H,10,14)(H,12,13). The predicted molar refractivity (Wildman–Crippen MR) is 46.3 cm³/mol. The quantitative estimate of drug-likeness (QED) is 0.696. The van der Waals surface area contributed by atoms with E-state index in [0.29, 0.717) is 5.82 Å². The lowest BCUT2D eigenvalue weighted by atomic mass is 10.2. The number of rotatable bonds is 1. The summed E-state index contributed by atoms with van der Waals surface area (Å²) >= 11 is 5.67. The third-order valence-corrected chi connectivity index (χ3v) is 2.24. The van der Waals surface area contributed by atoms with Crippen molar-refractivity contribution in [3.05, 3.63) is 17.2 Å². The van der Waals surface area contributed by atoms with Gasteiger partial charge in [0.2, 0.25) is 0 Å². The highest BCUT2D eigenvalue weighted by molar-refractivity contribution is 6.30. The smallest absolute Gasteiger partial charge is 0.328 e. The van der Waals surface area contributed by atoms with Gasteiger partial charge in [-0.1, -0.05) is 11.6 Å². The van der Waals surface area contributed by atoms with E-state index in [-0.39, 0.29) is 11.6 Å². The Kier molecular flexibility index (Phi) is 1.92. The van der Waals surface area contributed by atoms with Crippen LogP contribution in [-0.4, -0.2) is 32.7 Å². The van der Waals surface area contributed by atoms with Gasteiger partial charge in [0.1, 0.15) is 17.0 Å². The summed E-state index contributed by atoms with van der Waals surface area (Å²) < 4.78 is 1.15. The fourth-order valence-electron chi connectivity index (χ4n) is 1.32. The second-order valence-corrected chi connectivity index (χ2v) is 3.26. The molecule has 14 heavy (non-hydrogen) atoms. The summed E-state index contributed by atoms with van der Waals surface area (Å²) in [6.07, 6.45) is 1.47. The molecule has 0 radical (unpaired) electrons. The minimum atomic E-state index is -1.08. The number of aromatic nitrogens is 2. The summed E-state index contributed by atoms with van der Waals surface area (Å²) in [5.74, 6) is -0.713. The van der Waals surface area contributed by atoms with Gasteiger partial charge >= 0.3 is 12.0 Å². The molecule has 0 aliphatic carbocycles. The van der Waals surface area contributed by atoms with Crippen LogP contribution in [-0.2, 0) is 11.2 Å². The first kappa shape index (κ1) is 9.01. The van der Waals surface area contributed by atoms with Crippen LogP contribution >= 0.6 is 11.6 Å². The lowest BCUT2D eigenvalue weighted by molar-refractivity contribution is -0.139. The van der Waals surface area contributed by atoms with Crippen LogP contribution in [0.3, 0.4) is 0 Å². The molecule has 74 valence electrons. The highest BCUT2D eigenvalue weighted by Crippen LogP contribution is 2.16. The zero-order valence-corrected chi connectivity index (χ0v) is 7.65. The Bertz CT molecular complexity index is 414. The summed E-state index contributed by atoms with van der Waals surface area (Å²) in [5.41, 5.74) is 0. The Morgan fingerprint density at radius 2 is 2.50 bits per heavy atom. The van der Waals surface area contributed by atoms with E-state index in [1.807, 2.05) is 0 Å². The first-order valence-electron chi connectivity index (χ1n) is 3.85. The number of carbonyl (C=O) groups is 2. The molecule has 0 fully saturated rings. The highest BCUT2D eigenvalue weighted by Gasteiger charge is 2.30. The molecule has 7 heteroatoms.